The molecule has 0 unspecified atom stereocenters. The lowest BCUT2D eigenvalue weighted by molar-refractivity contribution is 0.641. The molecule has 0 amide bonds. The van der Waals surface area contributed by atoms with E-state index in [0.717, 1.165) is 43.5 Å². The summed E-state index contributed by atoms with van der Waals surface area (Å²) in [5.74, 6) is 1.86. The van der Waals surface area contributed by atoms with E-state index in [1.807, 2.05) is 16.7 Å². The molecule has 1 fully saturated rings. The summed E-state index contributed by atoms with van der Waals surface area (Å²) in [5, 5.41) is 8.08. The van der Waals surface area contributed by atoms with Gasteiger partial charge in [0, 0.05) is 44.8 Å². The largest absolute Gasteiger partial charge is 0.353 e. The van der Waals surface area contributed by atoms with E-state index in [-0.39, 0.29) is 0 Å². The lowest BCUT2D eigenvalue weighted by Gasteiger charge is -2.35. The van der Waals surface area contributed by atoms with Gasteiger partial charge in [0.05, 0.1) is 0 Å². The zero-order valence-electron chi connectivity index (χ0n) is 11.4. The molecule has 0 bridgehead atoms. The van der Waals surface area contributed by atoms with Crippen LogP contribution in [0.2, 0.25) is 0 Å². The summed E-state index contributed by atoms with van der Waals surface area (Å²) in [6.45, 7) is 3.55. The Morgan fingerprint density at radius 1 is 0.952 bits per heavy atom. The van der Waals surface area contributed by atoms with Crippen LogP contribution in [0.4, 0.5) is 11.6 Å². The fraction of sp³-hybridized carbons (Fsp3) is 0.308. The molecule has 3 aromatic rings. The molecule has 4 heterocycles. The summed E-state index contributed by atoms with van der Waals surface area (Å²) < 4.78 is 1.89. The zero-order chi connectivity index (χ0) is 14.1. The average Bonchev–Trinajstić information content (AvgIpc) is 3.04. The van der Waals surface area contributed by atoms with Crippen molar-refractivity contribution in [1.82, 2.24) is 29.5 Å². The number of piperazine rings is 1. The van der Waals surface area contributed by atoms with Gasteiger partial charge in [0.2, 0.25) is 5.65 Å². The second-order valence-electron chi connectivity index (χ2n) is 4.85. The van der Waals surface area contributed by atoms with Crippen LogP contribution in [0, 0.1) is 0 Å². The van der Waals surface area contributed by atoms with Gasteiger partial charge in [-0.2, -0.15) is 0 Å². The number of fused-ring (bicyclic) bond motifs is 1. The lowest BCUT2D eigenvalue weighted by atomic mass is 10.3. The minimum atomic E-state index is 0.799. The third kappa shape index (κ3) is 2.14. The summed E-state index contributed by atoms with van der Waals surface area (Å²) in [6.07, 6.45) is 8.68. The summed E-state index contributed by atoms with van der Waals surface area (Å²) in [4.78, 5) is 17.2. The summed E-state index contributed by atoms with van der Waals surface area (Å²) in [6, 6.07) is 1.94. The van der Waals surface area contributed by atoms with E-state index in [2.05, 4.69) is 34.9 Å². The van der Waals surface area contributed by atoms with Crippen molar-refractivity contribution < 1.29 is 0 Å². The van der Waals surface area contributed by atoms with Crippen LogP contribution in [0.25, 0.3) is 5.65 Å². The van der Waals surface area contributed by atoms with Gasteiger partial charge in [0.15, 0.2) is 5.82 Å². The van der Waals surface area contributed by atoms with Gasteiger partial charge < -0.3 is 9.80 Å². The molecule has 0 N–H and O–H groups in total. The molecule has 1 aliphatic heterocycles. The van der Waals surface area contributed by atoms with Crippen molar-refractivity contribution in [2.45, 2.75) is 0 Å². The lowest BCUT2D eigenvalue weighted by Crippen LogP contribution is -2.47. The van der Waals surface area contributed by atoms with E-state index in [1.54, 1.807) is 25.0 Å². The van der Waals surface area contributed by atoms with Crippen molar-refractivity contribution in [2.75, 3.05) is 36.0 Å². The Labute approximate surface area is 121 Å². The Kier molecular flexibility index (Phi) is 2.84. The van der Waals surface area contributed by atoms with Gasteiger partial charge in [-0.05, 0) is 6.07 Å². The molecule has 1 aliphatic rings. The monoisotopic (exact) mass is 282 g/mol. The number of rotatable bonds is 2. The van der Waals surface area contributed by atoms with Crippen LogP contribution in [0.1, 0.15) is 0 Å². The van der Waals surface area contributed by atoms with Crippen LogP contribution in [0.3, 0.4) is 0 Å². The van der Waals surface area contributed by atoms with Gasteiger partial charge in [-0.1, -0.05) is 0 Å². The fourth-order valence-electron chi connectivity index (χ4n) is 2.59. The van der Waals surface area contributed by atoms with Gasteiger partial charge in [-0.15, -0.1) is 10.2 Å². The highest BCUT2D eigenvalue weighted by atomic mass is 15.3. The number of nitrogens with zero attached hydrogens (tertiary/aromatic N) is 8. The van der Waals surface area contributed by atoms with E-state index in [9.17, 15) is 0 Å². The zero-order valence-corrected chi connectivity index (χ0v) is 11.4. The topological polar surface area (TPSA) is 75.3 Å². The number of hydrogen-bond donors (Lipinski definition) is 0. The fourth-order valence-corrected chi connectivity index (χ4v) is 2.59. The van der Waals surface area contributed by atoms with Gasteiger partial charge in [-0.3, -0.25) is 4.40 Å². The van der Waals surface area contributed by atoms with Gasteiger partial charge in [0.25, 0.3) is 0 Å². The molecular formula is C13H14N8. The van der Waals surface area contributed by atoms with Crippen LogP contribution < -0.4 is 9.80 Å². The highest BCUT2D eigenvalue weighted by Gasteiger charge is 2.21. The standard InChI is InChI=1S/C13H14N8/c1-2-14-9-16-11(1)19-5-7-20(8-6-19)12-13-18-17-10-21(13)4-3-15-12/h1-4,9-10H,5-8H2. The van der Waals surface area contributed by atoms with Crippen LogP contribution in [0.15, 0.2) is 37.3 Å². The van der Waals surface area contributed by atoms with Crippen LogP contribution in [-0.2, 0) is 0 Å². The van der Waals surface area contributed by atoms with Gasteiger partial charge in [0.1, 0.15) is 18.5 Å². The van der Waals surface area contributed by atoms with Crippen molar-refractivity contribution in [3.05, 3.63) is 37.3 Å². The van der Waals surface area contributed by atoms with Crippen LogP contribution in [0.5, 0.6) is 0 Å². The summed E-state index contributed by atoms with van der Waals surface area (Å²) in [7, 11) is 0. The van der Waals surface area contributed by atoms with E-state index < -0.39 is 0 Å². The van der Waals surface area contributed by atoms with E-state index in [0.29, 0.717) is 0 Å². The second-order valence-corrected chi connectivity index (χ2v) is 4.85. The number of hydrogen-bond acceptors (Lipinski definition) is 7. The molecule has 0 atom stereocenters. The maximum absolute atomic E-state index is 4.46. The minimum Gasteiger partial charge on any atom is -0.353 e. The van der Waals surface area contributed by atoms with Gasteiger partial charge in [-0.25, -0.2) is 15.0 Å². The molecule has 106 valence electrons. The third-order valence-corrected chi connectivity index (χ3v) is 3.67. The van der Waals surface area contributed by atoms with Gasteiger partial charge >= 0.3 is 0 Å². The predicted molar refractivity (Wildman–Crippen MR) is 77.2 cm³/mol. The molecule has 8 nitrogen and oxygen atoms in total. The molecule has 0 saturated carbocycles. The highest BCUT2D eigenvalue weighted by Crippen LogP contribution is 2.19. The highest BCUT2D eigenvalue weighted by molar-refractivity contribution is 5.63. The normalized spacial score (nSPS) is 15.6. The first-order valence-corrected chi connectivity index (χ1v) is 6.82. The molecule has 21 heavy (non-hydrogen) atoms. The second kappa shape index (κ2) is 4.97. The van der Waals surface area contributed by atoms with Crippen molar-refractivity contribution in [3.8, 4) is 0 Å². The van der Waals surface area contributed by atoms with E-state index in [4.69, 9.17) is 0 Å². The van der Waals surface area contributed by atoms with E-state index in [1.165, 1.54) is 0 Å². The molecule has 1 saturated heterocycles. The quantitative estimate of drug-likeness (QED) is 0.666. The Morgan fingerprint density at radius 3 is 2.62 bits per heavy atom. The van der Waals surface area contributed by atoms with Crippen LogP contribution in [-0.4, -0.2) is 55.7 Å². The maximum Gasteiger partial charge on any atom is 0.203 e. The first-order chi connectivity index (χ1) is 10.4. The first kappa shape index (κ1) is 12.0. The van der Waals surface area contributed by atoms with E-state index >= 15 is 0 Å². The molecule has 0 spiro atoms. The maximum atomic E-state index is 4.46. The molecule has 8 heteroatoms. The van der Waals surface area contributed by atoms with Crippen molar-refractivity contribution in [3.63, 3.8) is 0 Å². The molecule has 0 aliphatic carbocycles. The molecule has 3 aromatic heterocycles. The Balaban J connectivity index is 1.54. The molecule has 0 aromatic carbocycles. The van der Waals surface area contributed by atoms with Crippen LogP contribution >= 0.6 is 0 Å². The minimum absolute atomic E-state index is 0.799. The SMILES string of the molecule is c1cc(N2CCN(c3nccn4cnnc34)CC2)ncn1. The Hall–Kier alpha value is -2.77. The summed E-state index contributed by atoms with van der Waals surface area (Å²) >= 11 is 0. The first-order valence-electron chi connectivity index (χ1n) is 6.82. The van der Waals surface area contributed by atoms with Crippen molar-refractivity contribution in [2.24, 2.45) is 0 Å². The predicted octanol–water partition coefficient (Wildman–Crippen LogP) is 0.241. The Morgan fingerprint density at radius 2 is 1.81 bits per heavy atom. The Bertz CT molecular complexity index is 732. The summed E-state index contributed by atoms with van der Waals surface area (Å²) in [5.41, 5.74) is 0.799. The average molecular weight is 282 g/mol. The van der Waals surface area contributed by atoms with Crippen molar-refractivity contribution >= 4 is 17.3 Å². The number of aromatic nitrogens is 6. The smallest absolute Gasteiger partial charge is 0.203 e. The third-order valence-electron chi connectivity index (χ3n) is 3.67. The number of anilines is 2. The molecule has 4 rings (SSSR count). The molecular weight excluding hydrogens is 268 g/mol. The van der Waals surface area contributed by atoms with Crippen molar-refractivity contribution in [1.29, 1.82) is 0 Å². The molecule has 0 radical (unpaired) electrons.